The molecule has 0 spiro atoms. The van der Waals surface area contributed by atoms with Gasteiger partial charge in [0, 0.05) is 26.7 Å². The van der Waals surface area contributed by atoms with Crippen LogP contribution in [0.1, 0.15) is 23.1 Å². The van der Waals surface area contributed by atoms with Gasteiger partial charge in [-0.25, -0.2) is 9.98 Å². The van der Waals surface area contributed by atoms with Crippen molar-refractivity contribution in [3.8, 4) is 0 Å². The highest BCUT2D eigenvalue weighted by Gasteiger charge is 2.08. The first-order valence-electron chi connectivity index (χ1n) is 7.99. The third-order valence-electron chi connectivity index (χ3n) is 3.35. The molecule has 1 heterocycles. The highest BCUT2D eigenvalue weighted by atomic mass is 127. The Kier molecular flexibility index (Phi) is 9.96. The van der Waals surface area contributed by atoms with Crippen LogP contribution in [0.2, 0.25) is 5.02 Å². The van der Waals surface area contributed by atoms with Crippen LogP contribution in [0.15, 0.2) is 35.6 Å². The van der Waals surface area contributed by atoms with Crippen LogP contribution in [0.5, 0.6) is 0 Å². The number of hydrogen-bond donors (Lipinski definition) is 3. The molecule has 0 aliphatic carbocycles. The molecule has 3 N–H and O–H groups in total. The van der Waals surface area contributed by atoms with Crippen molar-refractivity contribution in [2.75, 3.05) is 19.6 Å². The smallest absolute Gasteiger partial charge is 0.252 e. The fourth-order valence-corrected chi connectivity index (χ4v) is 2.27. The van der Waals surface area contributed by atoms with Crippen LogP contribution in [0.3, 0.4) is 0 Å². The zero-order chi connectivity index (χ0) is 18.1. The molecule has 0 fully saturated rings. The number of nitrogens with zero attached hydrogens (tertiary/aromatic N) is 4. The number of aliphatic imine (C=N–C) groups is 1. The van der Waals surface area contributed by atoms with Crippen molar-refractivity contribution in [2.24, 2.45) is 12.0 Å². The monoisotopic (exact) mass is 491 g/mol. The molecule has 0 radical (unpaired) electrons. The molecular formula is C16H23ClIN7O. The van der Waals surface area contributed by atoms with E-state index in [2.05, 4.69) is 31.0 Å². The van der Waals surface area contributed by atoms with Gasteiger partial charge in [-0.2, -0.15) is 5.10 Å². The van der Waals surface area contributed by atoms with Crippen LogP contribution in [0.25, 0.3) is 0 Å². The highest BCUT2D eigenvalue weighted by Crippen LogP contribution is 2.14. The zero-order valence-corrected chi connectivity index (χ0v) is 17.8. The summed E-state index contributed by atoms with van der Waals surface area (Å²) >= 11 is 6.01. The molecule has 1 amide bonds. The third kappa shape index (κ3) is 6.79. The van der Waals surface area contributed by atoms with E-state index in [0.29, 0.717) is 36.2 Å². The average molecular weight is 492 g/mol. The lowest BCUT2D eigenvalue weighted by Crippen LogP contribution is -2.41. The van der Waals surface area contributed by atoms with Crippen molar-refractivity contribution in [3.05, 3.63) is 47.0 Å². The number of carbonyl (C=O) groups is 1. The second kappa shape index (κ2) is 11.7. The van der Waals surface area contributed by atoms with Gasteiger partial charge in [-0.15, -0.1) is 24.0 Å². The van der Waals surface area contributed by atoms with Crippen molar-refractivity contribution < 1.29 is 4.79 Å². The van der Waals surface area contributed by atoms with Gasteiger partial charge in [0.1, 0.15) is 18.7 Å². The van der Waals surface area contributed by atoms with E-state index in [0.717, 1.165) is 12.4 Å². The van der Waals surface area contributed by atoms with Crippen molar-refractivity contribution in [1.82, 2.24) is 30.7 Å². The maximum atomic E-state index is 12.1. The first kappa shape index (κ1) is 22.2. The molecule has 2 aromatic rings. The Labute approximate surface area is 174 Å². The van der Waals surface area contributed by atoms with E-state index < -0.39 is 0 Å². The lowest BCUT2D eigenvalue weighted by molar-refractivity contribution is 0.0954. The summed E-state index contributed by atoms with van der Waals surface area (Å²) in [7, 11) is 1.82. The Bertz CT molecular complexity index is 735. The number of carbonyl (C=O) groups excluding carboxylic acids is 1. The fourth-order valence-electron chi connectivity index (χ4n) is 2.05. The number of benzene rings is 1. The first-order valence-corrected chi connectivity index (χ1v) is 8.37. The van der Waals surface area contributed by atoms with Gasteiger partial charge in [0.25, 0.3) is 5.91 Å². The fraction of sp³-hybridized carbons (Fsp3) is 0.375. The molecule has 142 valence electrons. The highest BCUT2D eigenvalue weighted by molar-refractivity contribution is 14.0. The molecule has 10 heteroatoms. The van der Waals surface area contributed by atoms with Crippen molar-refractivity contribution in [3.63, 3.8) is 0 Å². The first-order chi connectivity index (χ1) is 12.1. The Balaban J connectivity index is 0.00000338. The standard InChI is InChI=1S/C16H22ClN7O.HI/c1-3-18-16(21-10-14-22-11-23-24(14)2)20-9-8-19-15(25)12-6-4-5-7-13(12)17;/h4-7,11H,3,8-10H2,1-2H3,(H,19,25)(H2,18,20,21);1H. The van der Waals surface area contributed by atoms with Gasteiger partial charge in [0.15, 0.2) is 5.96 Å². The van der Waals surface area contributed by atoms with E-state index in [1.54, 1.807) is 28.9 Å². The minimum atomic E-state index is -0.201. The number of hydrogen-bond acceptors (Lipinski definition) is 4. The number of aromatic nitrogens is 3. The van der Waals surface area contributed by atoms with Crippen molar-refractivity contribution >= 4 is 47.4 Å². The number of rotatable bonds is 7. The Morgan fingerprint density at radius 3 is 2.62 bits per heavy atom. The molecule has 26 heavy (non-hydrogen) atoms. The normalized spacial score (nSPS) is 10.8. The second-order valence-corrected chi connectivity index (χ2v) is 5.56. The van der Waals surface area contributed by atoms with Crippen LogP contribution in [0, 0.1) is 0 Å². The van der Waals surface area contributed by atoms with Gasteiger partial charge in [0.2, 0.25) is 0 Å². The summed E-state index contributed by atoms with van der Waals surface area (Å²) < 4.78 is 1.68. The summed E-state index contributed by atoms with van der Waals surface area (Å²) in [4.78, 5) is 20.6. The maximum Gasteiger partial charge on any atom is 0.252 e. The summed E-state index contributed by atoms with van der Waals surface area (Å²) in [6, 6.07) is 6.95. The summed E-state index contributed by atoms with van der Waals surface area (Å²) in [6.07, 6.45) is 1.50. The lowest BCUT2D eigenvalue weighted by atomic mass is 10.2. The molecule has 0 unspecified atom stereocenters. The van der Waals surface area contributed by atoms with Crippen LogP contribution in [0.4, 0.5) is 0 Å². The number of halogens is 2. The van der Waals surface area contributed by atoms with Gasteiger partial charge >= 0.3 is 0 Å². The van der Waals surface area contributed by atoms with Gasteiger partial charge in [-0.1, -0.05) is 23.7 Å². The summed E-state index contributed by atoms with van der Waals surface area (Å²) in [5, 5.41) is 13.6. The minimum absolute atomic E-state index is 0. The lowest BCUT2D eigenvalue weighted by Gasteiger charge is -2.12. The Morgan fingerprint density at radius 1 is 1.23 bits per heavy atom. The molecule has 0 bridgehead atoms. The van der Waals surface area contributed by atoms with E-state index in [1.165, 1.54) is 6.33 Å². The summed E-state index contributed by atoms with van der Waals surface area (Å²) in [5.41, 5.74) is 0.465. The molecule has 0 aliphatic heterocycles. The van der Waals surface area contributed by atoms with Crippen molar-refractivity contribution in [1.29, 1.82) is 0 Å². The van der Waals surface area contributed by atoms with Crippen LogP contribution < -0.4 is 16.0 Å². The molecule has 2 rings (SSSR count). The molecule has 1 aromatic heterocycles. The Morgan fingerprint density at radius 2 is 1.96 bits per heavy atom. The molecular weight excluding hydrogens is 469 g/mol. The van der Waals surface area contributed by atoms with E-state index in [9.17, 15) is 4.79 Å². The molecule has 0 atom stereocenters. The van der Waals surface area contributed by atoms with E-state index in [4.69, 9.17) is 11.6 Å². The predicted molar refractivity (Wildman–Crippen MR) is 113 cm³/mol. The molecule has 8 nitrogen and oxygen atoms in total. The van der Waals surface area contributed by atoms with Gasteiger partial charge < -0.3 is 16.0 Å². The summed E-state index contributed by atoms with van der Waals surface area (Å²) in [6.45, 7) is 4.10. The van der Waals surface area contributed by atoms with Gasteiger partial charge in [-0.05, 0) is 19.1 Å². The van der Waals surface area contributed by atoms with E-state index >= 15 is 0 Å². The van der Waals surface area contributed by atoms with Crippen LogP contribution in [-0.4, -0.2) is 46.3 Å². The molecule has 0 saturated heterocycles. The molecule has 1 aromatic carbocycles. The maximum absolute atomic E-state index is 12.1. The predicted octanol–water partition coefficient (Wildman–Crippen LogP) is 1.57. The molecule has 0 saturated carbocycles. The topological polar surface area (TPSA) is 96.2 Å². The molecule has 0 aliphatic rings. The second-order valence-electron chi connectivity index (χ2n) is 5.16. The average Bonchev–Trinajstić information content (AvgIpc) is 3.01. The summed E-state index contributed by atoms with van der Waals surface area (Å²) in [5.74, 6) is 1.22. The van der Waals surface area contributed by atoms with Crippen LogP contribution in [-0.2, 0) is 13.6 Å². The third-order valence-corrected chi connectivity index (χ3v) is 3.68. The Hall–Kier alpha value is -1.88. The minimum Gasteiger partial charge on any atom is -0.357 e. The number of aryl methyl sites for hydroxylation is 1. The SMILES string of the molecule is CCNC(=NCc1ncnn1C)NCCNC(=O)c1ccccc1Cl.I. The van der Waals surface area contributed by atoms with Crippen LogP contribution >= 0.6 is 35.6 Å². The van der Waals surface area contributed by atoms with Crippen molar-refractivity contribution in [2.45, 2.75) is 13.5 Å². The number of nitrogens with one attached hydrogen (secondary N) is 3. The van der Waals surface area contributed by atoms with E-state index in [-0.39, 0.29) is 29.9 Å². The number of amides is 1. The van der Waals surface area contributed by atoms with Gasteiger partial charge in [-0.3, -0.25) is 9.48 Å². The largest absolute Gasteiger partial charge is 0.357 e. The quantitative estimate of drug-likeness (QED) is 0.236. The number of guanidine groups is 1. The van der Waals surface area contributed by atoms with E-state index in [1.807, 2.05) is 14.0 Å². The zero-order valence-electron chi connectivity index (χ0n) is 14.7. The van der Waals surface area contributed by atoms with Gasteiger partial charge in [0.05, 0.1) is 10.6 Å².